The van der Waals surface area contributed by atoms with Gasteiger partial charge in [-0.05, 0) is 26.2 Å². The van der Waals surface area contributed by atoms with Crippen LogP contribution in [0.5, 0.6) is 0 Å². The number of aliphatic hydroxyl groups excluding tert-OH is 1. The van der Waals surface area contributed by atoms with Gasteiger partial charge in [-0.25, -0.2) is 0 Å². The minimum Gasteiger partial charge on any atom is -0.396 e. The van der Waals surface area contributed by atoms with Crippen LogP contribution < -0.4 is 0 Å². The van der Waals surface area contributed by atoms with Gasteiger partial charge < -0.3 is 5.11 Å². The van der Waals surface area contributed by atoms with E-state index in [4.69, 9.17) is 5.11 Å². The fourth-order valence-electron chi connectivity index (χ4n) is 0.808. The van der Waals surface area contributed by atoms with Crippen molar-refractivity contribution in [3.8, 4) is 0 Å². The number of aliphatic hydroxyl groups is 1. The molecule has 9 heavy (non-hydrogen) atoms. The molecule has 0 radical (unpaired) electrons. The van der Waals surface area contributed by atoms with Crippen molar-refractivity contribution in [1.29, 1.82) is 0 Å². The Morgan fingerprint density at radius 1 is 1.56 bits per heavy atom. The van der Waals surface area contributed by atoms with E-state index in [0.29, 0.717) is 6.61 Å². The van der Waals surface area contributed by atoms with Gasteiger partial charge in [0.1, 0.15) is 0 Å². The van der Waals surface area contributed by atoms with Crippen molar-refractivity contribution in [2.45, 2.75) is 33.1 Å². The summed E-state index contributed by atoms with van der Waals surface area (Å²) in [6.45, 7) is 4.55. The third kappa shape index (κ3) is 5.57. The molecule has 0 aromatic rings. The van der Waals surface area contributed by atoms with Gasteiger partial charge in [-0.1, -0.05) is 18.6 Å². The van der Waals surface area contributed by atoms with Gasteiger partial charge in [0.2, 0.25) is 0 Å². The zero-order valence-electron chi connectivity index (χ0n) is 6.35. The summed E-state index contributed by atoms with van der Waals surface area (Å²) < 4.78 is 0. The Morgan fingerprint density at radius 2 is 2.22 bits per heavy atom. The van der Waals surface area contributed by atoms with Crippen LogP contribution in [-0.2, 0) is 0 Å². The molecule has 0 fully saturated rings. The normalized spacial score (nSPS) is 12.1. The van der Waals surface area contributed by atoms with Crippen molar-refractivity contribution in [3.63, 3.8) is 0 Å². The fourth-order valence-corrected chi connectivity index (χ4v) is 0.808. The highest BCUT2D eigenvalue weighted by Crippen LogP contribution is 2.03. The first-order valence-corrected chi connectivity index (χ1v) is 3.57. The fraction of sp³-hybridized carbons (Fsp3) is 0.750. The van der Waals surface area contributed by atoms with E-state index in [2.05, 4.69) is 19.9 Å². The summed E-state index contributed by atoms with van der Waals surface area (Å²) in [6.07, 6.45) is 5.26. The van der Waals surface area contributed by atoms with Crippen LogP contribution in [0.25, 0.3) is 0 Å². The maximum Gasteiger partial charge on any atom is 0.0434 e. The van der Waals surface area contributed by atoms with E-state index in [9.17, 15) is 0 Å². The van der Waals surface area contributed by atoms with E-state index in [-0.39, 0.29) is 0 Å². The lowest BCUT2D eigenvalue weighted by molar-refractivity contribution is 0.288. The first-order chi connectivity index (χ1) is 4.31. The van der Waals surface area contributed by atoms with Crippen molar-refractivity contribution in [2.75, 3.05) is 6.61 Å². The standard InChI is InChI=1S/C8H16O/c1-3-5-8(2)6-4-7-9/h5,9H,3-4,6-7H2,1-2H3/b8-5+. The zero-order valence-corrected chi connectivity index (χ0v) is 6.35. The van der Waals surface area contributed by atoms with Crippen molar-refractivity contribution in [2.24, 2.45) is 0 Å². The summed E-state index contributed by atoms with van der Waals surface area (Å²) in [5, 5.41) is 8.46. The highest BCUT2D eigenvalue weighted by molar-refractivity contribution is 4.96. The molecule has 0 atom stereocenters. The molecule has 0 rings (SSSR count). The van der Waals surface area contributed by atoms with Crippen LogP contribution in [0.15, 0.2) is 11.6 Å². The summed E-state index contributed by atoms with van der Waals surface area (Å²) in [6, 6.07) is 0. The molecule has 0 aliphatic carbocycles. The Bertz CT molecular complexity index is 84.6. The van der Waals surface area contributed by atoms with Gasteiger partial charge in [0, 0.05) is 6.61 Å². The van der Waals surface area contributed by atoms with Crippen LogP contribution in [0.2, 0.25) is 0 Å². The Labute approximate surface area is 57.4 Å². The predicted molar refractivity (Wildman–Crippen MR) is 40.4 cm³/mol. The SMILES string of the molecule is CC/C=C(\C)CCCO. The van der Waals surface area contributed by atoms with E-state index < -0.39 is 0 Å². The average molecular weight is 128 g/mol. The average Bonchev–Trinajstić information content (AvgIpc) is 1.85. The maximum absolute atomic E-state index is 8.46. The molecule has 0 spiro atoms. The van der Waals surface area contributed by atoms with Gasteiger partial charge in [-0.15, -0.1) is 0 Å². The van der Waals surface area contributed by atoms with E-state index in [1.807, 2.05) is 0 Å². The zero-order chi connectivity index (χ0) is 7.11. The molecule has 0 aliphatic heterocycles. The van der Waals surface area contributed by atoms with Gasteiger partial charge in [-0.3, -0.25) is 0 Å². The molecule has 0 aromatic heterocycles. The molecule has 0 amide bonds. The Balaban J connectivity index is 3.25. The molecule has 54 valence electrons. The Hall–Kier alpha value is -0.300. The van der Waals surface area contributed by atoms with Crippen LogP contribution in [0.3, 0.4) is 0 Å². The highest BCUT2D eigenvalue weighted by Gasteiger charge is 1.86. The summed E-state index contributed by atoms with van der Waals surface area (Å²) in [4.78, 5) is 0. The van der Waals surface area contributed by atoms with Crippen LogP contribution in [-0.4, -0.2) is 11.7 Å². The van der Waals surface area contributed by atoms with Crippen LogP contribution in [0.4, 0.5) is 0 Å². The van der Waals surface area contributed by atoms with Gasteiger partial charge >= 0.3 is 0 Å². The van der Waals surface area contributed by atoms with Crippen LogP contribution >= 0.6 is 0 Å². The topological polar surface area (TPSA) is 20.2 Å². The van der Waals surface area contributed by atoms with Gasteiger partial charge in [0.05, 0.1) is 0 Å². The largest absolute Gasteiger partial charge is 0.396 e. The molecular formula is C8H16O. The maximum atomic E-state index is 8.46. The molecule has 1 nitrogen and oxygen atoms in total. The van der Waals surface area contributed by atoms with Gasteiger partial charge in [-0.2, -0.15) is 0 Å². The lowest BCUT2D eigenvalue weighted by atomic mass is 10.1. The number of rotatable bonds is 4. The molecule has 1 heteroatoms. The molecule has 0 aliphatic rings. The first-order valence-electron chi connectivity index (χ1n) is 3.57. The molecule has 0 saturated heterocycles. The second-order valence-corrected chi connectivity index (χ2v) is 2.29. The number of allylic oxidation sites excluding steroid dienone is 2. The molecule has 0 bridgehead atoms. The third-order valence-electron chi connectivity index (χ3n) is 1.28. The smallest absolute Gasteiger partial charge is 0.0434 e. The summed E-state index contributed by atoms with van der Waals surface area (Å²) in [7, 11) is 0. The minimum absolute atomic E-state index is 0.314. The minimum atomic E-state index is 0.314. The number of hydrogen-bond acceptors (Lipinski definition) is 1. The molecule has 0 saturated carbocycles. The Kier molecular flexibility index (Phi) is 5.64. The van der Waals surface area contributed by atoms with E-state index in [1.165, 1.54) is 5.57 Å². The lowest BCUT2D eigenvalue weighted by Crippen LogP contribution is -1.83. The van der Waals surface area contributed by atoms with E-state index in [0.717, 1.165) is 19.3 Å². The van der Waals surface area contributed by atoms with Crippen molar-refractivity contribution < 1.29 is 5.11 Å². The number of hydrogen-bond donors (Lipinski definition) is 1. The van der Waals surface area contributed by atoms with Crippen LogP contribution in [0.1, 0.15) is 33.1 Å². The van der Waals surface area contributed by atoms with Gasteiger partial charge in [0.25, 0.3) is 0 Å². The molecule has 0 aromatic carbocycles. The summed E-state index contributed by atoms with van der Waals surface area (Å²) in [5.41, 5.74) is 1.39. The molecule has 0 unspecified atom stereocenters. The second kappa shape index (κ2) is 5.83. The van der Waals surface area contributed by atoms with E-state index in [1.54, 1.807) is 0 Å². The summed E-state index contributed by atoms with van der Waals surface area (Å²) in [5.74, 6) is 0. The summed E-state index contributed by atoms with van der Waals surface area (Å²) >= 11 is 0. The van der Waals surface area contributed by atoms with Crippen molar-refractivity contribution in [3.05, 3.63) is 11.6 Å². The van der Waals surface area contributed by atoms with Crippen molar-refractivity contribution in [1.82, 2.24) is 0 Å². The highest BCUT2D eigenvalue weighted by atomic mass is 16.2. The van der Waals surface area contributed by atoms with Crippen molar-refractivity contribution >= 4 is 0 Å². The first kappa shape index (κ1) is 8.70. The molecular weight excluding hydrogens is 112 g/mol. The quantitative estimate of drug-likeness (QED) is 0.575. The third-order valence-corrected chi connectivity index (χ3v) is 1.28. The monoisotopic (exact) mass is 128 g/mol. The Morgan fingerprint density at radius 3 is 2.67 bits per heavy atom. The molecule has 0 heterocycles. The second-order valence-electron chi connectivity index (χ2n) is 2.29. The lowest BCUT2D eigenvalue weighted by Gasteiger charge is -1.95. The van der Waals surface area contributed by atoms with E-state index >= 15 is 0 Å². The molecule has 1 N–H and O–H groups in total. The van der Waals surface area contributed by atoms with Crippen LogP contribution in [0, 0.1) is 0 Å². The predicted octanol–water partition coefficient (Wildman–Crippen LogP) is 2.12. The van der Waals surface area contributed by atoms with Gasteiger partial charge in [0.15, 0.2) is 0 Å².